The van der Waals surface area contributed by atoms with Crippen LogP contribution in [0.5, 0.6) is 17.2 Å². The van der Waals surface area contributed by atoms with E-state index in [1.807, 2.05) is 30.3 Å². The van der Waals surface area contributed by atoms with Gasteiger partial charge in [-0.3, -0.25) is 66.9 Å². The Morgan fingerprint density at radius 1 is 0.291 bits per heavy atom. The van der Waals surface area contributed by atoms with Crippen LogP contribution in [0.15, 0.2) is 189 Å². The molecule has 141 heavy (non-hydrogen) atoms. The highest BCUT2D eigenvalue weighted by Crippen LogP contribution is 2.60. The van der Waals surface area contributed by atoms with E-state index < -0.39 is 140 Å². The maximum Gasteiger partial charge on any atom is 0.338 e. The van der Waals surface area contributed by atoms with Crippen molar-refractivity contribution in [3.63, 3.8) is 0 Å². The predicted octanol–water partition coefficient (Wildman–Crippen LogP) is 15.5. The van der Waals surface area contributed by atoms with Crippen LogP contribution in [0.4, 0.5) is 22.7 Å². The number of unbranched alkanes of at least 4 members (excludes halogenated alkanes) is 10. The van der Waals surface area contributed by atoms with Crippen LogP contribution in [0.3, 0.4) is 0 Å². The van der Waals surface area contributed by atoms with E-state index in [1.54, 1.807) is 61.5 Å². The largest absolute Gasteiger partial charge is 0.494 e. The molecule has 8 unspecified atom stereocenters. The average molecular weight is 1920 g/mol. The number of carbonyl (C=O) groups is 12. The lowest BCUT2D eigenvalue weighted by Crippen LogP contribution is -2.50. The summed E-state index contributed by atoms with van der Waals surface area (Å²) in [4.78, 5) is 235. The van der Waals surface area contributed by atoms with Gasteiger partial charge in [-0.2, -0.15) is 0 Å². The van der Waals surface area contributed by atoms with Gasteiger partial charge in [-0.15, -0.1) is 0 Å². The van der Waals surface area contributed by atoms with Crippen LogP contribution in [-0.2, 0) is 69.1 Å². The van der Waals surface area contributed by atoms with Crippen molar-refractivity contribution in [3.8, 4) is 22.9 Å². The first-order chi connectivity index (χ1) is 68.4. The number of nitrogens with zero attached hydrogens (tertiary/aromatic N) is 6. The van der Waals surface area contributed by atoms with Gasteiger partial charge in [-0.05, 0) is 260 Å². The number of aryl methyl sites for hydroxylation is 1. The quantitative estimate of drug-likeness (QED) is 0.0113. The van der Waals surface area contributed by atoms with Gasteiger partial charge in [0.1, 0.15) is 17.2 Å². The topological polar surface area (TPSA) is 370 Å². The number of ether oxygens (including phenoxy) is 8. The molecule has 30 heteroatoms. The third-order valence-corrected chi connectivity index (χ3v) is 29.4. The van der Waals surface area contributed by atoms with E-state index in [2.05, 4.69) is 38.1 Å². The molecule has 8 amide bonds. The number of hydrogen-bond acceptors (Lipinski definition) is 24. The van der Waals surface area contributed by atoms with Crippen molar-refractivity contribution in [2.24, 2.45) is 54.4 Å². The Kier molecular flexibility index (Phi) is 29.4. The summed E-state index contributed by atoms with van der Waals surface area (Å²) in [5.41, 5.74) is -1.59. The summed E-state index contributed by atoms with van der Waals surface area (Å²) in [6, 6.07) is 45.1. The molecule has 0 spiro atoms. The molecule has 0 radical (unpaired) electrons. The monoisotopic (exact) mass is 1910 g/mol. The second-order valence-electron chi connectivity index (χ2n) is 38.4. The standard InChI is InChI=1S/C111H114N6O24/c1-5-7-9-15-45-134-79-35-25-65(26-36-79)67-29-39-81(40-30-67)137-48-19-21-51-140-109(131)71-53-64(3)54-74(55-71)114-101(123)88-89(102(114)124)91-90(88)103(125)116(104(91)126)77-58-73(110(132)139-50-18-12-17-47-136-83-43-33-70(34-44-83)96(118)69-23-13-11-14-24-69)59-78(61-77)117-107(129)94-92-93(95(94)108(117)130)106(128)115(105(92)127)76-57-72(56-75(60-76)113-99(121)86-62-84-85(63-87(86)100(113)122)98(120)112(4)97(84)119)111(133)141-52-22-20-49-138-82-41-31-68(32-42-82)66-27-37-80(38-28-66)135-46-16-10-8-6-2/h11,13-14,23-24,29-34,39-44,53-63,65-66,79-80,88-95H,5-10,12,15-22,25-28,35-38,45-52H2,1-4H3. The predicted molar refractivity (Wildman–Crippen MR) is 522 cm³/mol. The minimum Gasteiger partial charge on any atom is -0.494 e. The normalized spacial score (nSPS) is 21.8. The van der Waals surface area contributed by atoms with Crippen LogP contribution in [0.25, 0.3) is 27.2 Å². The number of carbonyl (C=O) groups excluding carboxylic acids is 12. The molecular formula is C111H114N6O24. The number of aromatic nitrogens is 2. The number of fused-ring (bicyclic) bond motifs is 10. The number of imide groups is 4. The van der Waals surface area contributed by atoms with E-state index in [0.717, 1.165) is 141 Å². The highest BCUT2D eigenvalue weighted by atomic mass is 16.5. The molecule has 8 atom stereocenters. The van der Waals surface area contributed by atoms with Crippen molar-refractivity contribution in [1.29, 1.82) is 0 Å². The van der Waals surface area contributed by atoms with Gasteiger partial charge in [-0.1, -0.05) is 107 Å². The van der Waals surface area contributed by atoms with Crippen molar-refractivity contribution >= 4 is 115 Å². The molecule has 4 saturated heterocycles. The van der Waals surface area contributed by atoms with Crippen molar-refractivity contribution in [2.75, 3.05) is 72.5 Å². The lowest BCUT2D eigenvalue weighted by molar-refractivity contribution is -0.146. The van der Waals surface area contributed by atoms with E-state index >= 15 is 28.8 Å². The summed E-state index contributed by atoms with van der Waals surface area (Å²) in [6.07, 6.45) is 21.4. The molecule has 0 bridgehead atoms. The van der Waals surface area contributed by atoms with Crippen LogP contribution in [0.2, 0.25) is 0 Å². The number of ketones is 1. The fourth-order valence-corrected chi connectivity index (χ4v) is 21.8. The van der Waals surface area contributed by atoms with Crippen LogP contribution in [0.1, 0.15) is 237 Å². The lowest BCUT2D eigenvalue weighted by Gasteiger charge is -2.36. The Bertz CT molecular complexity index is 6580. The number of rotatable bonds is 43. The third-order valence-electron chi connectivity index (χ3n) is 29.4. The maximum absolute atomic E-state index is 15.3. The van der Waals surface area contributed by atoms with E-state index in [-0.39, 0.29) is 106 Å². The summed E-state index contributed by atoms with van der Waals surface area (Å²) >= 11 is 0. The summed E-state index contributed by atoms with van der Waals surface area (Å²) < 4.78 is 49.2. The van der Waals surface area contributed by atoms with Gasteiger partial charge < -0.3 is 37.9 Å². The van der Waals surface area contributed by atoms with Crippen LogP contribution in [0, 0.1) is 54.3 Å². The smallest absolute Gasteiger partial charge is 0.338 e. The number of amides is 8. The van der Waals surface area contributed by atoms with Gasteiger partial charge >= 0.3 is 17.9 Å². The van der Waals surface area contributed by atoms with Crippen molar-refractivity contribution < 1.29 is 95.4 Å². The van der Waals surface area contributed by atoms with Gasteiger partial charge in [0.25, 0.3) is 22.2 Å². The van der Waals surface area contributed by atoms with Gasteiger partial charge in [0.2, 0.25) is 47.3 Å². The first-order valence-corrected chi connectivity index (χ1v) is 49.7. The molecule has 6 heterocycles. The fourth-order valence-electron chi connectivity index (χ4n) is 21.8. The molecule has 18 rings (SSSR count). The minimum absolute atomic E-state index is 0.0104. The molecule has 30 nitrogen and oxygen atoms in total. The Morgan fingerprint density at radius 3 is 0.965 bits per heavy atom. The first-order valence-electron chi connectivity index (χ1n) is 49.7. The molecular weight excluding hydrogens is 1800 g/mol. The van der Waals surface area contributed by atoms with E-state index in [1.165, 1.54) is 68.8 Å². The number of esters is 3. The zero-order chi connectivity index (χ0) is 98.6. The zero-order valence-corrected chi connectivity index (χ0v) is 79.5. The molecule has 8 fully saturated rings. The van der Waals surface area contributed by atoms with Crippen molar-refractivity contribution in [2.45, 2.75) is 192 Å². The molecule has 732 valence electrons. The van der Waals surface area contributed by atoms with Crippen molar-refractivity contribution in [3.05, 3.63) is 256 Å². The van der Waals surface area contributed by atoms with Crippen LogP contribution in [-0.4, -0.2) is 145 Å². The Labute approximate surface area is 813 Å². The summed E-state index contributed by atoms with van der Waals surface area (Å²) in [5.74, 6) is -19.6. The molecule has 10 aromatic rings. The molecule has 4 aliphatic carbocycles. The molecule has 2 aromatic heterocycles. The highest BCUT2D eigenvalue weighted by Gasteiger charge is 2.75. The third kappa shape index (κ3) is 19.6. The summed E-state index contributed by atoms with van der Waals surface area (Å²) in [7, 11) is 1.25. The SMILES string of the molecule is CCCCCCOC1CCC(c2ccc(OCCCCOC(=O)c3cc(C)cc(N4C(=O)C5C(C4=O)C4C(=O)N(c6cc(C(=O)OCCCCCOc7ccc(C(=O)c8ccccc8)cc7)cc(N7C(=O)C8C(C7=O)C7C(=O)N(c9cc(C(=O)OCCCCOc%10ccc(C%11CCC(OCCCCCC)CC%11)cc%10)cc(-n%10c(=O)c%11cc%12c(=O)n(C)c(=O)c%12cc%11c%10=O)c9)C(=O)C87)c6)C(=O)C54)c3)cc2)CC1. The molecule has 8 aromatic carbocycles. The molecule has 4 aliphatic heterocycles. The summed E-state index contributed by atoms with van der Waals surface area (Å²) in [6.45, 7) is 8.24. The summed E-state index contributed by atoms with van der Waals surface area (Å²) in [5, 5.41) is -0.813. The molecule has 0 N–H and O–H groups in total. The van der Waals surface area contributed by atoms with Gasteiger partial charge in [0.15, 0.2) is 5.78 Å². The number of hydrogen-bond donors (Lipinski definition) is 0. The Balaban J connectivity index is 0.545. The van der Waals surface area contributed by atoms with Crippen molar-refractivity contribution in [1.82, 2.24) is 9.13 Å². The number of anilines is 4. The van der Waals surface area contributed by atoms with E-state index in [9.17, 15) is 47.9 Å². The second-order valence-corrected chi connectivity index (χ2v) is 38.4. The highest BCUT2D eigenvalue weighted by molar-refractivity contribution is 6.34. The van der Waals surface area contributed by atoms with Gasteiger partial charge in [-0.25, -0.2) is 38.6 Å². The van der Waals surface area contributed by atoms with Gasteiger partial charge in [0.05, 0.1) is 166 Å². The van der Waals surface area contributed by atoms with Crippen LogP contribution >= 0.6 is 0 Å². The second kappa shape index (κ2) is 42.6. The van der Waals surface area contributed by atoms with Crippen LogP contribution < -0.4 is 56.0 Å². The van der Waals surface area contributed by atoms with E-state index in [0.29, 0.717) is 117 Å². The average Bonchev–Trinajstić information content (AvgIpc) is 1.52. The lowest BCUT2D eigenvalue weighted by atomic mass is 9.59. The fraction of sp³-hybridized carbons (Fsp3) is 0.423. The Morgan fingerprint density at radius 2 is 0.589 bits per heavy atom. The minimum atomic E-state index is -1.56. The maximum atomic E-state index is 15.3. The molecule has 4 saturated carbocycles. The first kappa shape index (κ1) is 97.2. The zero-order valence-electron chi connectivity index (χ0n) is 79.5. The van der Waals surface area contributed by atoms with Gasteiger partial charge in [0, 0.05) is 31.4 Å². The Hall–Kier alpha value is -14.0. The van der Waals surface area contributed by atoms with E-state index in [4.69, 9.17) is 37.9 Å². The number of benzene rings is 8. The molecule has 8 aliphatic rings.